The number of aromatic amines is 1. The van der Waals surface area contributed by atoms with E-state index in [-0.39, 0.29) is 6.54 Å². The van der Waals surface area contributed by atoms with Crippen LogP contribution in [0.25, 0.3) is 22.2 Å². The molecule has 1 aromatic heterocycles. The minimum Gasteiger partial charge on any atom is -0.497 e. The molecular weight excluding hydrogens is 362 g/mol. The summed E-state index contributed by atoms with van der Waals surface area (Å²) in [5.41, 5.74) is 4.88. The van der Waals surface area contributed by atoms with E-state index in [9.17, 15) is 8.42 Å². The molecule has 1 heterocycles. The second-order valence-electron chi connectivity index (χ2n) is 6.34. The monoisotopic (exact) mass is 383 g/mol. The van der Waals surface area contributed by atoms with Crippen LogP contribution in [0.1, 0.15) is 17.5 Å². The van der Waals surface area contributed by atoms with Gasteiger partial charge in [0.1, 0.15) is 5.75 Å². The van der Waals surface area contributed by atoms with Gasteiger partial charge in [-0.3, -0.25) is 0 Å². The molecular formula is C20H21N3O3S. The number of nitrogens with zero attached hydrogens (tertiary/aromatic N) is 1. The van der Waals surface area contributed by atoms with E-state index in [2.05, 4.69) is 15.8 Å². The molecule has 0 atom stereocenters. The van der Waals surface area contributed by atoms with Gasteiger partial charge in [0.15, 0.2) is 0 Å². The molecule has 0 fully saturated rings. The van der Waals surface area contributed by atoms with Crippen molar-refractivity contribution in [1.82, 2.24) is 9.71 Å². The fraction of sp³-hybridized carbons (Fsp3) is 0.250. The maximum atomic E-state index is 11.2. The predicted molar refractivity (Wildman–Crippen MR) is 106 cm³/mol. The molecule has 0 bridgehead atoms. The number of rotatable bonds is 7. The molecule has 0 radical (unpaired) electrons. The van der Waals surface area contributed by atoms with Gasteiger partial charge in [-0.2, -0.15) is 5.26 Å². The maximum absolute atomic E-state index is 11.2. The number of aryl methyl sites for hydroxylation is 1. The minimum atomic E-state index is -3.22. The van der Waals surface area contributed by atoms with Crippen molar-refractivity contribution in [2.45, 2.75) is 19.4 Å². The number of H-pyrrole nitrogens is 1. The van der Waals surface area contributed by atoms with Gasteiger partial charge in [0, 0.05) is 35.6 Å². The van der Waals surface area contributed by atoms with Crippen LogP contribution in [0, 0.1) is 11.3 Å². The van der Waals surface area contributed by atoms with Crippen molar-refractivity contribution in [2.75, 3.05) is 13.4 Å². The van der Waals surface area contributed by atoms with Gasteiger partial charge in [0.05, 0.1) is 19.4 Å². The first kappa shape index (κ1) is 19.0. The van der Waals surface area contributed by atoms with E-state index in [1.165, 1.54) is 0 Å². The molecule has 7 heteroatoms. The highest BCUT2D eigenvalue weighted by atomic mass is 32.2. The molecule has 0 saturated heterocycles. The number of hydrogen-bond donors (Lipinski definition) is 2. The molecule has 0 aliphatic heterocycles. The van der Waals surface area contributed by atoms with Crippen LogP contribution in [0.3, 0.4) is 0 Å². The molecule has 3 rings (SSSR count). The van der Waals surface area contributed by atoms with Crippen LogP contribution in [0.5, 0.6) is 5.75 Å². The van der Waals surface area contributed by atoms with E-state index in [1.807, 2.05) is 42.5 Å². The third-order valence-corrected chi connectivity index (χ3v) is 5.05. The third-order valence-electron chi connectivity index (χ3n) is 4.38. The molecule has 0 aliphatic carbocycles. The van der Waals surface area contributed by atoms with E-state index in [4.69, 9.17) is 10.00 Å². The summed E-state index contributed by atoms with van der Waals surface area (Å²) < 4.78 is 30.3. The minimum absolute atomic E-state index is 0.254. The summed E-state index contributed by atoms with van der Waals surface area (Å²) in [7, 11) is -1.59. The van der Waals surface area contributed by atoms with Gasteiger partial charge < -0.3 is 9.72 Å². The fourth-order valence-electron chi connectivity index (χ4n) is 3.05. The number of benzene rings is 2. The van der Waals surface area contributed by atoms with Gasteiger partial charge in [-0.05, 0) is 35.2 Å². The Morgan fingerprint density at radius 1 is 1.19 bits per heavy atom. The SMILES string of the molecule is COc1ccc2c(CCC#N)c(-c3ccc(CNS(C)(=O)=O)cc3)[nH]c2c1. The summed E-state index contributed by atoms with van der Waals surface area (Å²) in [6, 6.07) is 15.8. The van der Waals surface area contributed by atoms with Crippen molar-refractivity contribution in [1.29, 1.82) is 5.26 Å². The first-order valence-corrected chi connectivity index (χ1v) is 10.4. The van der Waals surface area contributed by atoms with Gasteiger partial charge in [0.25, 0.3) is 0 Å². The number of aromatic nitrogens is 1. The number of nitrogens with one attached hydrogen (secondary N) is 2. The van der Waals surface area contributed by atoms with Crippen LogP contribution in [0.4, 0.5) is 0 Å². The van der Waals surface area contributed by atoms with Crippen LogP contribution >= 0.6 is 0 Å². The van der Waals surface area contributed by atoms with Crippen molar-refractivity contribution < 1.29 is 13.2 Å². The van der Waals surface area contributed by atoms with E-state index in [0.29, 0.717) is 12.8 Å². The van der Waals surface area contributed by atoms with E-state index >= 15 is 0 Å². The number of ether oxygens (including phenoxy) is 1. The first-order valence-electron chi connectivity index (χ1n) is 8.51. The van der Waals surface area contributed by atoms with Gasteiger partial charge in [-0.1, -0.05) is 24.3 Å². The smallest absolute Gasteiger partial charge is 0.209 e. The van der Waals surface area contributed by atoms with E-state index in [1.54, 1.807) is 7.11 Å². The third kappa shape index (κ3) is 4.48. The van der Waals surface area contributed by atoms with Crippen LogP contribution in [0.2, 0.25) is 0 Å². The van der Waals surface area contributed by atoms with E-state index < -0.39 is 10.0 Å². The van der Waals surface area contributed by atoms with Gasteiger partial charge in [-0.15, -0.1) is 0 Å². The fourth-order valence-corrected chi connectivity index (χ4v) is 3.48. The van der Waals surface area contributed by atoms with Gasteiger partial charge in [-0.25, -0.2) is 13.1 Å². The molecule has 6 nitrogen and oxygen atoms in total. The second kappa shape index (κ2) is 7.82. The largest absolute Gasteiger partial charge is 0.497 e. The Balaban J connectivity index is 1.98. The van der Waals surface area contributed by atoms with Crippen LogP contribution in [-0.2, 0) is 23.0 Å². The van der Waals surface area contributed by atoms with Gasteiger partial charge in [0.2, 0.25) is 10.0 Å². The van der Waals surface area contributed by atoms with Crippen molar-refractivity contribution >= 4 is 20.9 Å². The molecule has 0 amide bonds. The standard InChI is InChI=1S/C20H21N3O3S/c1-26-16-9-10-17-18(4-3-11-21)20(23-19(17)12-16)15-7-5-14(6-8-15)13-22-27(2,24)25/h5-10,12,22-23H,3-4,13H2,1-2H3. The lowest BCUT2D eigenvalue weighted by Crippen LogP contribution is -2.21. The number of fused-ring (bicyclic) bond motifs is 1. The normalized spacial score (nSPS) is 11.4. The zero-order valence-corrected chi connectivity index (χ0v) is 16.1. The Labute approximate surface area is 158 Å². The summed E-state index contributed by atoms with van der Waals surface area (Å²) >= 11 is 0. The number of hydrogen-bond acceptors (Lipinski definition) is 4. The van der Waals surface area contributed by atoms with E-state index in [0.717, 1.165) is 45.3 Å². The maximum Gasteiger partial charge on any atom is 0.209 e. The molecule has 140 valence electrons. The highest BCUT2D eigenvalue weighted by molar-refractivity contribution is 7.88. The lowest BCUT2D eigenvalue weighted by atomic mass is 10.0. The number of methoxy groups -OCH3 is 1. The molecule has 27 heavy (non-hydrogen) atoms. The lowest BCUT2D eigenvalue weighted by Gasteiger charge is -2.06. The summed E-state index contributed by atoms with van der Waals surface area (Å²) in [6.07, 6.45) is 2.22. The van der Waals surface area contributed by atoms with Crippen molar-refractivity contribution in [2.24, 2.45) is 0 Å². The van der Waals surface area contributed by atoms with Crippen LogP contribution in [0.15, 0.2) is 42.5 Å². The Morgan fingerprint density at radius 3 is 2.56 bits per heavy atom. The first-order chi connectivity index (χ1) is 12.9. The second-order valence-corrected chi connectivity index (χ2v) is 8.17. The predicted octanol–water partition coefficient (Wildman–Crippen LogP) is 3.35. The Morgan fingerprint density at radius 2 is 1.93 bits per heavy atom. The topological polar surface area (TPSA) is 95.0 Å². The molecule has 0 spiro atoms. The summed E-state index contributed by atoms with van der Waals surface area (Å²) in [4.78, 5) is 3.44. The summed E-state index contributed by atoms with van der Waals surface area (Å²) in [5.74, 6) is 0.768. The van der Waals surface area contributed by atoms with Crippen molar-refractivity contribution in [3.05, 3.63) is 53.6 Å². The zero-order chi connectivity index (χ0) is 19.4. The quantitative estimate of drug-likeness (QED) is 0.654. The molecule has 0 saturated carbocycles. The molecule has 2 N–H and O–H groups in total. The molecule has 3 aromatic rings. The van der Waals surface area contributed by atoms with Gasteiger partial charge >= 0.3 is 0 Å². The van der Waals surface area contributed by atoms with Crippen LogP contribution < -0.4 is 9.46 Å². The summed E-state index contributed by atoms with van der Waals surface area (Å²) in [5, 5.41) is 10.1. The average Bonchev–Trinajstić information content (AvgIpc) is 3.02. The number of nitriles is 1. The Hall–Kier alpha value is -2.82. The van der Waals surface area contributed by atoms with Crippen molar-refractivity contribution in [3.8, 4) is 23.1 Å². The molecule has 0 aliphatic rings. The van der Waals surface area contributed by atoms with Crippen LogP contribution in [-0.4, -0.2) is 26.8 Å². The highest BCUT2D eigenvalue weighted by Gasteiger charge is 2.14. The lowest BCUT2D eigenvalue weighted by molar-refractivity contribution is 0.415. The summed E-state index contributed by atoms with van der Waals surface area (Å²) in [6.45, 7) is 0.254. The number of sulfonamides is 1. The Bertz CT molecular complexity index is 1090. The van der Waals surface area contributed by atoms with Crippen molar-refractivity contribution in [3.63, 3.8) is 0 Å². The Kier molecular flexibility index (Phi) is 5.49. The highest BCUT2D eigenvalue weighted by Crippen LogP contribution is 2.33. The zero-order valence-electron chi connectivity index (χ0n) is 15.2. The molecule has 0 unspecified atom stereocenters. The molecule has 2 aromatic carbocycles. The average molecular weight is 383 g/mol.